The van der Waals surface area contributed by atoms with E-state index < -0.39 is 7.94 Å². The molecule has 0 saturated carbocycles. The van der Waals surface area contributed by atoms with E-state index in [1.54, 1.807) is 0 Å². The van der Waals surface area contributed by atoms with Crippen molar-refractivity contribution in [3.8, 4) is 0 Å². The Hall–Kier alpha value is -0.470. The van der Waals surface area contributed by atoms with Crippen LogP contribution in [0, 0.1) is 0 Å². The highest BCUT2D eigenvalue weighted by atomic mass is 31.2. The van der Waals surface area contributed by atoms with E-state index in [9.17, 15) is 4.89 Å². The van der Waals surface area contributed by atoms with Crippen molar-refractivity contribution in [3.05, 3.63) is 30.3 Å². The van der Waals surface area contributed by atoms with Gasteiger partial charge in [-0.05, 0) is 25.0 Å². The molecule has 1 aromatic carbocycles. The van der Waals surface area contributed by atoms with Gasteiger partial charge in [-0.2, -0.15) is 13.9 Å². The first-order valence-electron chi connectivity index (χ1n) is 12.7. The summed E-state index contributed by atoms with van der Waals surface area (Å²) in [4.78, 5) is 11.1. The third-order valence-corrected chi connectivity index (χ3v) is 7.63. The van der Waals surface area contributed by atoms with Crippen LogP contribution in [0.1, 0.15) is 117 Å². The lowest BCUT2D eigenvalue weighted by atomic mass is 10.1. The SMILES string of the molecule is CCCCCCCCCCO[P+](O)(OCCCCCCCCCC)c1ccccc1. The number of benzene rings is 1. The fourth-order valence-electron chi connectivity index (χ4n) is 3.65. The Kier molecular flexibility index (Phi) is 17.7. The van der Waals surface area contributed by atoms with Crippen LogP contribution in [-0.2, 0) is 9.05 Å². The van der Waals surface area contributed by atoms with Gasteiger partial charge in [0.25, 0.3) is 0 Å². The van der Waals surface area contributed by atoms with Gasteiger partial charge < -0.3 is 0 Å². The topological polar surface area (TPSA) is 38.7 Å². The maximum Gasteiger partial charge on any atom is 0.446 e. The summed E-state index contributed by atoms with van der Waals surface area (Å²) in [7, 11) is -2.96. The predicted octanol–water partition coefficient (Wildman–Crippen LogP) is 8.38. The molecule has 0 heterocycles. The normalized spacial score (nSPS) is 11.8. The highest BCUT2D eigenvalue weighted by Gasteiger charge is 2.43. The molecule has 0 bridgehead atoms. The Bertz CT molecular complexity index is 458. The monoisotopic (exact) mass is 439 g/mol. The Morgan fingerprint density at radius 2 is 0.933 bits per heavy atom. The van der Waals surface area contributed by atoms with E-state index in [4.69, 9.17) is 9.05 Å². The lowest BCUT2D eigenvalue weighted by molar-refractivity contribution is 0.179. The third kappa shape index (κ3) is 13.8. The second-order valence-corrected chi connectivity index (χ2v) is 10.5. The van der Waals surface area contributed by atoms with Crippen molar-refractivity contribution in [2.45, 2.75) is 117 Å². The van der Waals surface area contributed by atoms with E-state index in [1.165, 1.54) is 89.9 Å². The second-order valence-electron chi connectivity index (χ2n) is 8.47. The second kappa shape index (κ2) is 19.2. The summed E-state index contributed by atoms with van der Waals surface area (Å²) < 4.78 is 12.0. The van der Waals surface area contributed by atoms with E-state index in [1.807, 2.05) is 30.3 Å². The Labute approximate surface area is 187 Å². The van der Waals surface area contributed by atoms with Gasteiger partial charge >= 0.3 is 7.94 Å². The van der Waals surface area contributed by atoms with Gasteiger partial charge in [0, 0.05) is 0 Å². The number of unbranched alkanes of at least 4 members (excludes halogenated alkanes) is 14. The van der Waals surface area contributed by atoms with E-state index in [0.717, 1.165) is 18.1 Å². The first kappa shape index (κ1) is 27.6. The lowest BCUT2D eigenvalue weighted by Crippen LogP contribution is -2.17. The molecule has 174 valence electrons. The quantitative estimate of drug-likeness (QED) is 0.154. The van der Waals surface area contributed by atoms with Gasteiger partial charge in [-0.15, -0.1) is 0 Å². The first-order valence-corrected chi connectivity index (χ1v) is 14.3. The van der Waals surface area contributed by atoms with E-state index >= 15 is 0 Å². The lowest BCUT2D eigenvalue weighted by Gasteiger charge is -2.17. The smallest absolute Gasteiger partial charge is 0.188 e. The van der Waals surface area contributed by atoms with Crippen LogP contribution < -0.4 is 5.30 Å². The van der Waals surface area contributed by atoms with Crippen molar-refractivity contribution >= 4 is 13.2 Å². The van der Waals surface area contributed by atoms with Crippen molar-refractivity contribution < 1.29 is 13.9 Å². The minimum atomic E-state index is -2.96. The molecule has 0 aliphatic rings. The van der Waals surface area contributed by atoms with Crippen LogP contribution in [0.3, 0.4) is 0 Å². The molecule has 0 spiro atoms. The van der Waals surface area contributed by atoms with Crippen LogP contribution >= 0.6 is 7.94 Å². The highest BCUT2D eigenvalue weighted by molar-refractivity contribution is 7.68. The maximum absolute atomic E-state index is 11.1. The van der Waals surface area contributed by atoms with E-state index in [0.29, 0.717) is 13.2 Å². The van der Waals surface area contributed by atoms with E-state index in [2.05, 4.69) is 13.8 Å². The van der Waals surface area contributed by atoms with Crippen LogP contribution in [-0.4, -0.2) is 18.1 Å². The third-order valence-electron chi connectivity index (χ3n) is 5.61. The molecule has 30 heavy (non-hydrogen) atoms. The van der Waals surface area contributed by atoms with Crippen molar-refractivity contribution in [1.82, 2.24) is 0 Å². The molecule has 0 fully saturated rings. The van der Waals surface area contributed by atoms with Crippen molar-refractivity contribution in [3.63, 3.8) is 0 Å². The van der Waals surface area contributed by atoms with Crippen LogP contribution in [0.4, 0.5) is 0 Å². The highest BCUT2D eigenvalue weighted by Crippen LogP contribution is 2.55. The predicted molar refractivity (Wildman–Crippen MR) is 132 cm³/mol. The van der Waals surface area contributed by atoms with Crippen LogP contribution in [0.25, 0.3) is 0 Å². The molecule has 0 aliphatic heterocycles. The summed E-state index contributed by atoms with van der Waals surface area (Å²) in [6, 6.07) is 9.70. The largest absolute Gasteiger partial charge is 0.446 e. The zero-order valence-corrected chi connectivity index (χ0v) is 20.7. The molecular weight excluding hydrogens is 391 g/mol. The maximum atomic E-state index is 11.1. The number of rotatable bonds is 21. The summed E-state index contributed by atoms with van der Waals surface area (Å²) >= 11 is 0. The Balaban J connectivity index is 2.25. The average molecular weight is 440 g/mol. The summed E-state index contributed by atoms with van der Waals surface area (Å²) in [6.45, 7) is 5.66. The molecule has 1 rings (SSSR count). The molecule has 1 N–H and O–H groups in total. The fraction of sp³-hybridized carbons (Fsp3) is 0.769. The molecule has 0 aromatic heterocycles. The van der Waals surface area contributed by atoms with Crippen LogP contribution in [0.15, 0.2) is 30.3 Å². The Morgan fingerprint density at radius 1 is 0.567 bits per heavy atom. The summed E-state index contributed by atoms with van der Waals surface area (Å²) in [5.41, 5.74) is 0. The van der Waals surface area contributed by atoms with Gasteiger partial charge in [-0.1, -0.05) is 122 Å². The van der Waals surface area contributed by atoms with Gasteiger partial charge in [0.05, 0.1) is 13.2 Å². The Morgan fingerprint density at radius 3 is 1.33 bits per heavy atom. The number of hydrogen-bond donors (Lipinski definition) is 1. The summed E-state index contributed by atoms with van der Waals surface area (Å²) in [5.74, 6) is 0. The van der Waals surface area contributed by atoms with Crippen molar-refractivity contribution in [2.24, 2.45) is 0 Å². The zero-order valence-electron chi connectivity index (χ0n) is 19.8. The molecular formula is C26H48O3P+. The molecule has 0 aliphatic carbocycles. The molecule has 0 atom stereocenters. The van der Waals surface area contributed by atoms with Crippen LogP contribution in [0.2, 0.25) is 0 Å². The van der Waals surface area contributed by atoms with Gasteiger partial charge in [0.1, 0.15) is 0 Å². The minimum Gasteiger partial charge on any atom is -0.188 e. The standard InChI is InChI=1S/C26H48O3P/c1-3-5-7-9-11-13-15-20-24-28-30(27,26-22-18-17-19-23-26)29-25-21-16-14-12-10-8-6-4-2/h17-19,22-23,27H,3-16,20-21,24-25H2,1-2H3/q+1. The molecule has 0 amide bonds. The average Bonchev–Trinajstić information content (AvgIpc) is 2.77. The zero-order chi connectivity index (χ0) is 21.8. The summed E-state index contributed by atoms with van der Waals surface area (Å²) in [6.07, 6.45) is 20.2. The van der Waals surface area contributed by atoms with Gasteiger partial charge in [0.2, 0.25) is 0 Å². The molecule has 3 nitrogen and oxygen atoms in total. The molecule has 0 radical (unpaired) electrons. The van der Waals surface area contributed by atoms with E-state index in [-0.39, 0.29) is 0 Å². The van der Waals surface area contributed by atoms with Gasteiger partial charge in [0.15, 0.2) is 5.30 Å². The fourth-order valence-corrected chi connectivity index (χ4v) is 5.33. The first-order chi connectivity index (χ1) is 14.7. The molecule has 0 unspecified atom stereocenters. The van der Waals surface area contributed by atoms with Crippen LogP contribution in [0.5, 0.6) is 0 Å². The van der Waals surface area contributed by atoms with Crippen molar-refractivity contribution in [1.29, 1.82) is 0 Å². The molecule has 1 aromatic rings. The van der Waals surface area contributed by atoms with Gasteiger partial charge in [-0.25, -0.2) is 0 Å². The summed E-state index contributed by atoms with van der Waals surface area (Å²) in [5, 5.41) is 0.795. The number of hydrogen-bond acceptors (Lipinski definition) is 3. The van der Waals surface area contributed by atoms with Crippen molar-refractivity contribution in [2.75, 3.05) is 13.2 Å². The van der Waals surface area contributed by atoms with Gasteiger partial charge in [-0.3, -0.25) is 0 Å². The molecule has 4 heteroatoms. The molecule has 0 saturated heterocycles. The minimum absolute atomic E-state index is 0.575.